The largest absolute Gasteiger partial charge is 0.451 e. The van der Waals surface area contributed by atoms with Gasteiger partial charge in [-0.3, -0.25) is 10.1 Å². The average molecular weight is 414 g/mol. The maximum Gasteiger partial charge on any atom is 0.450 e. The monoisotopic (exact) mass is 413 g/mol. The first-order valence-corrected chi connectivity index (χ1v) is 9.12. The lowest BCUT2D eigenvalue weighted by atomic mass is 10.1. The molecular formula is C17H11ClF3N3O2S. The number of aromatic nitrogens is 2. The lowest BCUT2D eigenvalue weighted by Gasteiger charge is -2.05. The van der Waals surface area contributed by atoms with Crippen LogP contribution in [0.2, 0.25) is 5.02 Å². The number of carbonyl (C=O) groups excluding carboxylic acids is 1. The minimum atomic E-state index is -4.82. The summed E-state index contributed by atoms with van der Waals surface area (Å²) in [5.74, 6) is -2.06. The van der Waals surface area contributed by atoms with Crippen LogP contribution in [0, 0.1) is 0 Å². The number of benzene rings is 1. The van der Waals surface area contributed by atoms with Crippen LogP contribution in [-0.4, -0.2) is 16.1 Å². The second-order valence-electron chi connectivity index (χ2n) is 6.03. The Labute approximate surface area is 160 Å². The third-order valence-corrected chi connectivity index (χ3v) is 5.20. The van der Waals surface area contributed by atoms with Crippen molar-refractivity contribution >= 4 is 34.0 Å². The van der Waals surface area contributed by atoms with Crippen molar-refractivity contribution in [3.63, 3.8) is 0 Å². The van der Waals surface area contributed by atoms with Crippen molar-refractivity contribution in [3.05, 3.63) is 51.7 Å². The molecule has 0 radical (unpaired) electrons. The molecule has 2 aromatic heterocycles. The summed E-state index contributed by atoms with van der Waals surface area (Å²) in [4.78, 5) is 12.4. The highest BCUT2D eigenvalue weighted by Crippen LogP contribution is 2.42. The Morgan fingerprint density at radius 3 is 2.56 bits per heavy atom. The Morgan fingerprint density at radius 2 is 1.93 bits per heavy atom. The van der Waals surface area contributed by atoms with Crippen LogP contribution in [0.4, 0.5) is 18.3 Å². The number of nitrogens with zero attached hydrogens (tertiary/aromatic N) is 2. The summed E-state index contributed by atoms with van der Waals surface area (Å²) in [6, 6.07) is 7.12. The second-order valence-corrected chi connectivity index (χ2v) is 7.48. The third kappa shape index (κ3) is 3.84. The molecule has 4 rings (SSSR count). The molecular weight excluding hydrogens is 403 g/mol. The van der Waals surface area contributed by atoms with Gasteiger partial charge in [0.1, 0.15) is 10.8 Å². The van der Waals surface area contributed by atoms with E-state index in [1.165, 1.54) is 24.3 Å². The fourth-order valence-electron chi connectivity index (χ4n) is 2.47. The van der Waals surface area contributed by atoms with Crippen LogP contribution >= 0.6 is 22.9 Å². The third-order valence-electron chi connectivity index (χ3n) is 3.95. The van der Waals surface area contributed by atoms with Gasteiger partial charge in [-0.05, 0) is 43.2 Å². The normalized spacial score (nSPS) is 14.4. The molecule has 1 amide bonds. The zero-order chi connectivity index (χ0) is 19.2. The molecule has 1 N–H and O–H groups in total. The number of furan rings is 1. The topological polar surface area (TPSA) is 68.0 Å². The van der Waals surface area contributed by atoms with Crippen LogP contribution in [0.3, 0.4) is 0 Å². The Hall–Kier alpha value is -2.39. The van der Waals surface area contributed by atoms with Crippen molar-refractivity contribution in [1.29, 1.82) is 0 Å². The van der Waals surface area contributed by atoms with Crippen molar-refractivity contribution in [2.45, 2.75) is 24.9 Å². The molecule has 5 nitrogen and oxygen atoms in total. The summed E-state index contributed by atoms with van der Waals surface area (Å²) < 4.78 is 45.0. The van der Waals surface area contributed by atoms with E-state index in [0.29, 0.717) is 16.5 Å². The number of anilines is 1. The fourth-order valence-corrected chi connectivity index (χ4v) is 3.50. The highest BCUT2D eigenvalue weighted by Gasteiger charge is 2.40. The van der Waals surface area contributed by atoms with Gasteiger partial charge in [-0.1, -0.05) is 22.9 Å². The Morgan fingerprint density at radius 1 is 1.22 bits per heavy atom. The predicted molar refractivity (Wildman–Crippen MR) is 94.0 cm³/mol. The summed E-state index contributed by atoms with van der Waals surface area (Å²) in [6.45, 7) is 0. The molecule has 0 bridgehead atoms. The van der Waals surface area contributed by atoms with E-state index in [9.17, 15) is 18.0 Å². The number of amides is 1. The van der Waals surface area contributed by atoms with Crippen LogP contribution in [0.15, 0.2) is 34.7 Å². The molecule has 27 heavy (non-hydrogen) atoms. The summed E-state index contributed by atoms with van der Waals surface area (Å²) in [7, 11) is 0. The van der Waals surface area contributed by atoms with Gasteiger partial charge in [-0.15, -0.1) is 10.2 Å². The van der Waals surface area contributed by atoms with Gasteiger partial charge in [0.2, 0.25) is 10.9 Å². The predicted octanol–water partition coefficient (Wildman–Crippen LogP) is 5.60. The average Bonchev–Trinajstić information content (AvgIpc) is 3.17. The number of nitrogens with one attached hydrogen (secondary N) is 1. The molecule has 0 atom stereocenters. The maximum atomic E-state index is 13.3. The van der Waals surface area contributed by atoms with Crippen LogP contribution in [0.1, 0.15) is 39.9 Å². The van der Waals surface area contributed by atoms with Crippen LogP contribution in [-0.2, 0) is 6.18 Å². The lowest BCUT2D eigenvalue weighted by molar-refractivity contribution is -0.153. The Bertz CT molecular complexity index is 994. The first-order chi connectivity index (χ1) is 12.8. The van der Waals surface area contributed by atoms with Gasteiger partial charge in [-0.2, -0.15) is 13.2 Å². The van der Waals surface area contributed by atoms with Crippen molar-refractivity contribution < 1.29 is 22.4 Å². The van der Waals surface area contributed by atoms with Gasteiger partial charge in [0, 0.05) is 16.5 Å². The molecule has 10 heteroatoms. The van der Waals surface area contributed by atoms with Gasteiger partial charge in [0.15, 0.2) is 0 Å². The quantitative estimate of drug-likeness (QED) is 0.604. The standard InChI is InChI=1S/C17H11ClF3N3O2S/c18-10-5-3-8(4-6-10)12-7-11(13(26-12)17(19,20)21)14(25)22-16-24-23-15(27-16)9-1-2-9/h3-7,9H,1-2H2,(H,22,24,25). The first-order valence-electron chi connectivity index (χ1n) is 7.93. The van der Waals surface area contributed by atoms with Gasteiger partial charge >= 0.3 is 6.18 Å². The molecule has 1 aliphatic carbocycles. The summed E-state index contributed by atoms with van der Waals surface area (Å²) in [5, 5.41) is 11.5. The highest BCUT2D eigenvalue weighted by atomic mass is 35.5. The van der Waals surface area contributed by atoms with Crippen LogP contribution < -0.4 is 5.32 Å². The van der Waals surface area contributed by atoms with Gasteiger partial charge in [0.25, 0.3) is 5.91 Å². The van der Waals surface area contributed by atoms with E-state index >= 15 is 0 Å². The van der Waals surface area contributed by atoms with Crippen molar-refractivity contribution in [1.82, 2.24) is 10.2 Å². The molecule has 0 spiro atoms. The van der Waals surface area contributed by atoms with Gasteiger partial charge in [0.05, 0.1) is 5.56 Å². The molecule has 140 valence electrons. The van der Waals surface area contributed by atoms with E-state index in [1.807, 2.05) is 0 Å². The highest BCUT2D eigenvalue weighted by molar-refractivity contribution is 7.15. The molecule has 1 saturated carbocycles. The van der Waals surface area contributed by atoms with Crippen LogP contribution in [0.25, 0.3) is 11.3 Å². The summed E-state index contributed by atoms with van der Waals surface area (Å²) in [5.41, 5.74) is -0.244. The summed E-state index contributed by atoms with van der Waals surface area (Å²) in [6.07, 6.45) is -2.81. The molecule has 2 heterocycles. The molecule has 0 aliphatic heterocycles. The molecule has 1 fully saturated rings. The van der Waals surface area contributed by atoms with Crippen molar-refractivity contribution in [3.8, 4) is 11.3 Å². The van der Waals surface area contributed by atoms with E-state index < -0.39 is 23.4 Å². The molecule has 1 aliphatic rings. The van der Waals surface area contributed by atoms with Gasteiger partial charge in [-0.25, -0.2) is 0 Å². The van der Waals surface area contributed by atoms with Gasteiger partial charge < -0.3 is 4.42 Å². The lowest BCUT2D eigenvalue weighted by Crippen LogP contribution is -2.16. The van der Waals surface area contributed by atoms with E-state index in [0.717, 1.165) is 35.3 Å². The molecule has 1 aromatic carbocycles. The van der Waals surface area contributed by atoms with Crippen molar-refractivity contribution in [2.24, 2.45) is 0 Å². The first kappa shape index (κ1) is 18.0. The minimum absolute atomic E-state index is 0.0833. The second kappa shape index (κ2) is 6.65. The van der Waals surface area contributed by atoms with E-state index in [1.54, 1.807) is 0 Å². The van der Waals surface area contributed by atoms with E-state index in [-0.39, 0.29) is 10.9 Å². The SMILES string of the molecule is O=C(Nc1nnc(C2CC2)s1)c1cc(-c2ccc(Cl)cc2)oc1C(F)(F)F. The molecule has 0 unspecified atom stereocenters. The number of alkyl halides is 3. The smallest absolute Gasteiger partial charge is 0.450 e. The number of hydrogen-bond acceptors (Lipinski definition) is 5. The Balaban J connectivity index is 1.64. The molecule has 3 aromatic rings. The number of halogens is 4. The molecule has 0 saturated heterocycles. The number of hydrogen-bond donors (Lipinski definition) is 1. The zero-order valence-electron chi connectivity index (χ0n) is 13.5. The number of carbonyl (C=O) groups is 1. The number of rotatable bonds is 4. The summed E-state index contributed by atoms with van der Waals surface area (Å²) >= 11 is 6.96. The minimum Gasteiger partial charge on any atom is -0.451 e. The van der Waals surface area contributed by atoms with E-state index in [4.69, 9.17) is 16.0 Å². The van der Waals surface area contributed by atoms with Crippen molar-refractivity contribution in [2.75, 3.05) is 5.32 Å². The Kier molecular flexibility index (Phi) is 4.43. The van der Waals surface area contributed by atoms with Crippen LogP contribution in [0.5, 0.6) is 0 Å². The van der Waals surface area contributed by atoms with E-state index in [2.05, 4.69) is 15.5 Å². The fraction of sp³-hybridized carbons (Fsp3) is 0.235. The zero-order valence-corrected chi connectivity index (χ0v) is 15.1. The maximum absolute atomic E-state index is 13.3.